The lowest BCUT2D eigenvalue weighted by Crippen LogP contribution is -2.60. The van der Waals surface area contributed by atoms with E-state index in [2.05, 4.69) is 5.32 Å². The Morgan fingerprint density at radius 3 is 2.29 bits per heavy atom. The van der Waals surface area contributed by atoms with E-state index in [0.717, 1.165) is 5.56 Å². The van der Waals surface area contributed by atoms with Gasteiger partial charge < -0.3 is 15.0 Å². The van der Waals surface area contributed by atoms with Gasteiger partial charge in [0.15, 0.2) is 0 Å². The molecule has 1 atom stereocenters. The quantitative estimate of drug-likeness (QED) is 0.720. The standard InChI is InChI=1S/C26H30ClN3O4/c1-17(2)28-23(31)22-16-34-26(30(22)25(33)21-7-5-4-6-18(21)3)12-14-29(15-13-26)24(32)19-8-10-20(27)11-9-19/h4-11,17,22H,12-16H2,1-3H3,(H,28,31). The fourth-order valence-electron chi connectivity index (χ4n) is 4.72. The zero-order valence-corrected chi connectivity index (χ0v) is 20.5. The Balaban J connectivity index is 1.59. The van der Waals surface area contributed by atoms with Crippen LogP contribution in [-0.2, 0) is 9.53 Å². The SMILES string of the molecule is Cc1ccccc1C(=O)N1C(C(=O)NC(C)C)COC12CCN(C(=O)c1ccc(Cl)cc1)CC2. The fraction of sp³-hybridized carbons (Fsp3) is 0.423. The molecule has 2 aromatic carbocycles. The van der Waals surface area contributed by atoms with Gasteiger partial charge in [-0.1, -0.05) is 29.8 Å². The summed E-state index contributed by atoms with van der Waals surface area (Å²) < 4.78 is 6.23. The number of nitrogens with one attached hydrogen (secondary N) is 1. The number of hydrogen-bond donors (Lipinski definition) is 1. The van der Waals surface area contributed by atoms with E-state index in [1.807, 2.05) is 39.0 Å². The van der Waals surface area contributed by atoms with Crippen molar-refractivity contribution in [3.8, 4) is 0 Å². The number of rotatable bonds is 4. The zero-order chi connectivity index (χ0) is 24.5. The van der Waals surface area contributed by atoms with Crippen LogP contribution in [0.5, 0.6) is 0 Å². The first-order chi connectivity index (χ1) is 16.2. The lowest BCUT2D eigenvalue weighted by atomic mass is 9.95. The lowest BCUT2D eigenvalue weighted by Gasteiger charge is -2.44. The van der Waals surface area contributed by atoms with E-state index in [0.29, 0.717) is 42.1 Å². The van der Waals surface area contributed by atoms with Crippen molar-refractivity contribution in [1.29, 1.82) is 0 Å². The number of halogens is 1. The number of carbonyl (C=O) groups excluding carboxylic acids is 3. The van der Waals surface area contributed by atoms with Crippen LogP contribution in [-0.4, -0.2) is 65.0 Å². The van der Waals surface area contributed by atoms with Gasteiger partial charge >= 0.3 is 0 Å². The minimum atomic E-state index is -0.935. The van der Waals surface area contributed by atoms with Crippen molar-refractivity contribution in [2.45, 2.75) is 51.4 Å². The van der Waals surface area contributed by atoms with E-state index >= 15 is 0 Å². The van der Waals surface area contributed by atoms with Gasteiger partial charge in [-0.15, -0.1) is 0 Å². The van der Waals surface area contributed by atoms with Crippen molar-refractivity contribution in [3.63, 3.8) is 0 Å². The molecule has 2 aromatic rings. The molecule has 2 aliphatic heterocycles. The molecule has 4 rings (SSSR count). The van der Waals surface area contributed by atoms with E-state index in [-0.39, 0.29) is 30.4 Å². The molecule has 0 bridgehead atoms. The highest BCUT2D eigenvalue weighted by Gasteiger charge is 2.54. The second-order valence-electron chi connectivity index (χ2n) is 9.23. The van der Waals surface area contributed by atoms with Crippen LogP contribution in [0, 0.1) is 6.92 Å². The van der Waals surface area contributed by atoms with Gasteiger partial charge in [0.1, 0.15) is 11.8 Å². The molecule has 0 aliphatic carbocycles. The molecule has 0 saturated carbocycles. The Hall–Kier alpha value is -2.90. The number of carbonyl (C=O) groups is 3. The van der Waals surface area contributed by atoms with Gasteiger partial charge in [-0.2, -0.15) is 0 Å². The molecule has 34 heavy (non-hydrogen) atoms. The van der Waals surface area contributed by atoms with Gasteiger partial charge in [0.2, 0.25) is 5.91 Å². The number of aryl methyl sites for hydroxylation is 1. The first kappa shape index (κ1) is 24.2. The van der Waals surface area contributed by atoms with Gasteiger partial charge in [-0.3, -0.25) is 19.3 Å². The summed E-state index contributed by atoms with van der Waals surface area (Å²) in [5.41, 5.74) is 1.02. The average molecular weight is 484 g/mol. The summed E-state index contributed by atoms with van der Waals surface area (Å²) in [6, 6.07) is 13.4. The highest BCUT2D eigenvalue weighted by Crippen LogP contribution is 2.39. The maximum atomic E-state index is 13.8. The molecular formula is C26H30ClN3O4. The summed E-state index contributed by atoms with van der Waals surface area (Å²) in [4.78, 5) is 43.2. The van der Waals surface area contributed by atoms with Crippen molar-refractivity contribution >= 4 is 29.3 Å². The molecule has 2 aliphatic rings. The van der Waals surface area contributed by atoms with E-state index in [9.17, 15) is 14.4 Å². The number of hydrogen-bond acceptors (Lipinski definition) is 4. The number of ether oxygens (including phenoxy) is 1. The smallest absolute Gasteiger partial charge is 0.257 e. The molecule has 8 heteroatoms. The van der Waals surface area contributed by atoms with Crippen molar-refractivity contribution < 1.29 is 19.1 Å². The van der Waals surface area contributed by atoms with Crippen LogP contribution in [0.15, 0.2) is 48.5 Å². The summed E-state index contributed by atoms with van der Waals surface area (Å²) in [5, 5.41) is 3.50. The van der Waals surface area contributed by atoms with Crippen molar-refractivity contribution in [1.82, 2.24) is 15.1 Å². The average Bonchev–Trinajstić information content (AvgIpc) is 3.18. The van der Waals surface area contributed by atoms with Crippen LogP contribution in [0.3, 0.4) is 0 Å². The third kappa shape index (κ3) is 4.68. The molecular weight excluding hydrogens is 454 g/mol. The van der Waals surface area contributed by atoms with E-state index in [1.165, 1.54) is 0 Å². The maximum Gasteiger partial charge on any atom is 0.257 e. The van der Waals surface area contributed by atoms with Gasteiger partial charge in [0.25, 0.3) is 11.8 Å². The molecule has 1 N–H and O–H groups in total. The summed E-state index contributed by atoms with van der Waals surface area (Å²) in [7, 11) is 0. The molecule has 3 amide bonds. The Morgan fingerprint density at radius 2 is 1.68 bits per heavy atom. The lowest BCUT2D eigenvalue weighted by molar-refractivity contribution is -0.128. The number of nitrogens with zero attached hydrogens (tertiary/aromatic N) is 2. The Labute approximate surface area is 205 Å². The third-order valence-corrected chi connectivity index (χ3v) is 6.76. The normalized spacial score (nSPS) is 19.5. The van der Waals surface area contributed by atoms with Gasteiger partial charge in [0, 0.05) is 48.1 Å². The van der Waals surface area contributed by atoms with Gasteiger partial charge in [-0.25, -0.2) is 0 Å². The van der Waals surface area contributed by atoms with E-state index < -0.39 is 11.8 Å². The molecule has 7 nitrogen and oxygen atoms in total. The Kier molecular flexibility index (Phi) is 6.96. The van der Waals surface area contributed by atoms with E-state index in [1.54, 1.807) is 40.1 Å². The second kappa shape index (κ2) is 9.76. The molecule has 0 aromatic heterocycles. The molecule has 0 radical (unpaired) electrons. The predicted molar refractivity (Wildman–Crippen MR) is 130 cm³/mol. The van der Waals surface area contributed by atoms with Crippen LogP contribution >= 0.6 is 11.6 Å². The largest absolute Gasteiger partial charge is 0.353 e. The van der Waals surface area contributed by atoms with Crippen LogP contribution in [0.2, 0.25) is 5.02 Å². The Morgan fingerprint density at radius 1 is 1.03 bits per heavy atom. The molecule has 2 saturated heterocycles. The first-order valence-electron chi connectivity index (χ1n) is 11.6. The molecule has 180 valence electrons. The zero-order valence-electron chi connectivity index (χ0n) is 19.7. The number of piperidine rings is 1. The fourth-order valence-corrected chi connectivity index (χ4v) is 4.85. The highest BCUT2D eigenvalue weighted by atomic mass is 35.5. The van der Waals surface area contributed by atoms with Crippen LogP contribution in [0.25, 0.3) is 0 Å². The number of likely N-dealkylation sites (tertiary alicyclic amines) is 1. The summed E-state index contributed by atoms with van der Waals surface area (Å²) in [5.74, 6) is -0.541. The molecule has 1 unspecified atom stereocenters. The van der Waals surface area contributed by atoms with Crippen molar-refractivity contribution in [3.05, 3.63) is 70.2 Å². The minimum absolute atomic E-state index is 0.0571. The van der Waals surface area contributed by atoms with Crippen molar-refractivity contribution in [2.24, 2.45) is 0 Å². The summed E-state index contributed by atoms with van der Waals surface area (Å²) in [6.07, 6.45) is 0.852. The molecule has 1 spiro atoms. The van der Waals surface area contributed by atoms with Gasteiger partial charge in [-0.05, 0) is 56.7 Å². The Bertz CT molecular complexity index is 1080. The van der Waals surface area contributed by atoms with Crippen LogP contribution in [0.4, 0.5) is 0 Å². The van der Waals surface area contributed by atoms with E-state index in [4.69, 9.17) is 16.3 Å². The summed E-state index contributed by atoms with van der Waals surface area (Å²) >= 11 is 5.95. The highest BCUT2D eigenvalue weighted by molar-refractivity contribution is 6.30. The topological polar surface area (TPSA) is 79.0 Å². The monoisotopic (exact) mass is 483 g/mol. The number of amides is 3. The minimum Gasteiger partial charge on any atom is -0.353 e. The number of benzene rings is 2. The van der Waals surface area contributed by atoms with Crippen molar-refractivity contribution in [2.75, 3.05) is 19.7 Å². The molecule has 2 fully saturated rings. The summed E-state index contributed by atoms with van der Waals surface area (Å²) in [6.45, 7) is 6.61. The first-order valence-corrected chi connectivity index (χ1v) is 12.0. The second-order valence-corrected chi connectivity index (χ2v) is 9.66. The molecule has 2 heterocycles. The van der Waals surface area contributed by atoms with Crippen LogP contribution < -0.4 is 5.32 Å². The van der Waals surface area contributed by atoms with Gasteiger partial charge in [0.05, 0.1) is 6.61 Å². The predicted octanol–water partition coefficient (Wildman–Crippen LogP) is 3.65. The maximum absolute atomic E-state index is 13.8. The van der Waals surface area contributed by atoms with Crippen LogP contribution in [0.1, 0.15) is 53.0 Å². The third-order valence-electron chi connectivity index (χ3n) is 6.51.